The third kappa shape index (κ3) is 4.08. The molecule has 1 atom stereocenters. The van der Waals surface area contributed by atoms with E-state index in [1.54, 1.807) is 7.11 Å². The number of methoxy groups -OCH3 is 1. The lowest BCUT2D eigenvalue weighted by Crippen LogP contribution is -2.24. The molecule has 4 rings (SSSR count). The van der Waals surface area contributed by atoms with E-state index in [1.807, 2.05) is 60.4 Å². The van der Waals surface area contributed by atoms with E-state index < -0.39 is 0 Å². The van der Waals surface area contributed by atoms with Crippen LogP contribution in [0.15, 0.2) is 53.1 Å². The molecule has 3 aromatic rings. The number of likely N-dealkylation sites (tertiary alicyclic amines) is 1. The maximum atomic E-state index is 12.5. The molecule has 1 fully saturated rings. The Kier molecular flexibility index (Phi) is 5.46. The van der Waals surface area contributed by atoms with Crippen molar-refractivity contribution in [2.75, 3.05) is 20.3 Å². The molecule has 1 aromatic heterocycles. The number of para-hydroxylation sites is 1. The zero-order valence-electron chi connectivity index (χ0n) is 16.5. The third-order valence-electron chi connectivity index (χ3n) is 4.95. The van der Waals surface area contributed by atoms with Gasteiger partial charge in [-0.25, -0.2) is 0 Å². The number of amides is 1. The fourth-order valence-electron chi connectivity index (χ4n) is 3.52. The van der Waals surface area contributed by atoms with Gasteiger partial charge in [-0.2, -0.15) is 4.98 Å². The molecule has 1 saturated heterocycles. The maximum Gasteiger partial charge on any atom is 0.261 e. The molecule has 7 nitrogen and oxygen atoms in total. The normalized spacial score (nSPS) is 16.3. The molecule has 0 spiro atoms. The Bertz CT molecular complexity index is 1000. The van der Waals surface area contributed by atoms with Crippen molar-refractivity contribution in [3.8, 4) is 23.0 Å². The standard InChI is InChI=1S/C22H23N3O4/c1-3-28-19-10-5-4-9-18(19)22-23-21(24-29-22)16-12-20(26)25(14-16)13-15-7-6-8-17(11-15)27-2/h4-11,16H,3,12-14H2,1-2H3. The summed E-state index contributed by atoms with van der Waals surface area (Å²) >= 11 is 0. The molecule has 2 heterocycles. The Morgan fingerprint density at radius 2 is 2.07 bits per heavy atom. The molecule has 1 unspecified atom stereocenters. The number of hydrogen-bond donors (Lipinski definition) is 0. The first-order valence-electron chi connectivity index (χ1n) is 9.64. The highest BCUT2D eigenvalue weighted by Crippen LogP contribution is 2.32. The van der Waals surface area contributed by atoms with E-state index in [0.29, 0.717) is 43.6 Å². The lowest BCUT2D eigenvalue weighted by molar-refractivity contribution is -0.128. The van der Waals surface area contributed by atoms with Crippen molar-refractivity contribution in [3.63, 3.8) is 0 Å². The van der Waals surface area contributed by atoms with E-state index in [0.717, 1.165) is 16.9 Å². The molecule has 1 amide bonds. The van der Waals surface area contributed by atoms with Gasteiger partial charge >= 0.3 is 0 Å². The van der Waals surface area contributed by atoms with Crippen LogP contribution in [0, 0.1) is 0 Å². The zero-order valence-corrected chi connectivity index (χ0v) is 16.5. The molecule has 2 aromatic carbocycles. The fraction of sp³-hybridized carbons (Fsp3) is 0.318. The van der Waals surface area contributed by atoms with Crippen molar-refractivity contribution in [1.82, 2.24) is 15.0 Å². The van der Waals surface area contributed by atoms with E-state index in [4.69, 9.17) is 14.0 Å². The first kappa shape index (κ1) is 19.0. The van der Waals surface area contributed by atoms with Crippen LogP contribution in [0.1, 0.15) is 30.7 Å². The van der Waals surface area contributed by atoms with Crippen molar-refractivity contribution in [1.29, 1.82) is 0 Å². The lowest BCUT2D eigenvalue weighted by atomic mass is 10.1. The molecule has 7 heteroatoms. The van der Waals surface area contributed by atoms with Gasteiger partial charge in [-0.15, -0.1) is 0 Å². The molecule has 0 aliphatic carbocycles. The van der Waals surface area contributed by atoms with E-state index in [2.05, 4.69) is 10.1 Å². The van der Waals surface area contributed by atoms with E-state index in [1.165, 1.54) is 0 Å². The minimum absolute atomic E-state index is 0.0823. The van der Waals surface area contributed by atoms with Gasteiger partial charge in [0.25, 0.3) is 5.89 Å². The van der Waals surface area contributed by atoms with Crippen LogP contribution in [-0.2, 0) is 11.3 Å². The van der Waals surface area contributed by atoms with Crippen LogP contribution in [-0.4, -0.2) is 41.2 Å². The first-order valence-corrected chi connectivity index (χ1v) is 9.64. The van der Waals surface area contributed by atoms with Gasteiger partial charge in [-0.05, 0) is 36.8 Å². The summed E-state index contributed by atoms with van der Waals surface area (Å²) in [5.74, 6) is 2.42. The van der Waals surface area contributed by atoms with Gasteiger partial charge < -0.3 is 18.9 Å². The second-order valence-electron chi connectivity index (χ2n) is 6.91. The fourth-order valence-corrected chi connectivity index (χ4v) is 3.52. The average Bonchev–Trinajstić information content (AvgIpc) is 3.36. The van der Waals surface area contributed by atoms with Crippen molar-refractivity contribution in [2.45, 2.75) is 25.8 Å². The Hall–Kier alpha value is -3.35. The summed E-state index contributed by atoms with van der Waals surface area (Å²) in [6.45, 7) is 3.57. The Morgan fingerprint density at radius 3 is 2.90 bits per heavy atom. The molecule has 0 radical (unpaired) electrons. The second-order valence-corrected chi connectivity index (χ2v) is 6.91. The highest BCUT2D eigenvalue weighted by molar-refractivity contribution is 5.79. The average molecular weight is 393 g/mol. The molecule has 1 aliphatic rings. The van der Waals surface area contributed by atoms with Crippen LogP contribution >= 0.6 is 0 Å². The number of carbonyl (C=O) groups is 1. The van der Waals surface area contributed by atoms with Crippen molar-refractivity contribution < 1.29 is 18.8 Å². The second kappa shape index (κ2) is 8.34. The van der Waals surface area contributed by atoms with Crippen LogP contribution in [0.2, 0.25) is 0 Å². The smallest absolute Gasteiger partial charge is 0.261 e. The van der Waals surface area contributed by atoms with E-state index in [-0.39, 0.29) is 11.8 Å². The summed E-state index contributed by atoms with van der Waals surface area (Å²) in [4.78, 5) is 18.9. The number of ether oxygens (including phenoxy) is 2. The van der Waals surface area contributed by atoms with Gasteiger partial charge in [0.05, 0.1) is 19.3 Å². The van der Waals surface area contributed by atoms with Crippen LogP contribution in [0.5, 0.6) is 11.5 Å². The summed E-state index contributed by atoms with van der Waals surface area (Å²) in [7, 11) is 1.63. The molecule has 0 saturated carbocycles. The summed E-state index contributed by atoms with van der Waals surface area (Å²) in [6.07, 6.45) is 0.371. The van der Waals surface area contributed by atoms with Crippen molar-refractivity contribution in [2.24, 2.45) is 0 Å². The number of carbonyl (C=O) groups excluding carboxylic acids is 1. The topological polar surface area (TPSA) is 77.7 Å². The largest absolute Gasteiger partial charge is 0.497 e. The number of aromatic nitrogens is 2. The van der Waals surface area contributed by atoms with Gasteiger partial charge in [-0.3, -0.25) is 4.79 Å². The van der Waals surface area contributed by atoms with Crippen LogP contribution < -0.4 is 9.47 Å². The Labute approximate surface area is 169 Å². The lowest BCUT2D eigenvalue weighted by Gasteiger charge is -2.16. The third-order valence-corrected chi connectivity index (χ3v) is 4.95. The summed E-state index contributed by atoms with van der Waals surface area (Å²) in [6, 6.07) is 15.3. The number of nitrogens with zero attached hydrogens (tertiary/aromatic N) is 3. The Balaban J connectivity index is 1.49. The molecular weight excluding hydrogens is 370 g/mol. The van der Waals surface area contributed by atoms with E-state index in [9.17, 15) is 4.79 Å². The van der Waals surface area contributed by atoms with Crippen LogP contribution in [0.4, 0.5) is 0 Å². The van der Waals surface area contributed by atoms with E-state index >= 15 is 0 Å². The minimum atomic E-state index is -0.0927. The van der Waals surface area contributed by atoms with Crippen molar-refractivity contribution in [3.05, 3.63) is 59.9 Å². The monoisotopic (exact) mass is 393 g/mol. The summed E-state index contributed by atoms with van der Waals surface area (Å²) < 4.78 is 16.4. The minimum Gasteiger partial charge on any atom is -0.497 e. The highest BCUT2D eigenvalue weighted by atomic mass is 16.5. The van der Waals surface area contributed by atoms with Gasteiger partial charge in [0.1, 0.15) is 11.5 Å². The SMILES string of the molecule is CCOc1ccccc1-c1nc(C2CC(=O)N(Cc3cccc(OC)c3)C2)no1. The quantitative estimate of drug-likeness (QED) is 0.610. The molecule has 29 heavy (non-hydrogen) atoms. The van der Waals surface area contributed by atoms with Gasteiger partial charge in [0.2, 0.25) is 5.91 Å². The predicted molar refractivity (Wildman–Crippen MR) is 107 cm³/mol. The highest BCUT2D eigenvalue weighted by Gasteiger charge is 2.34. The zero-order chi connectivity index (χ0) is 20.2. The number of rotatable bonds is 7. The molecule has 0 bridgehead atoms. The Morgan fingerprint density at radius 1 is 1.21 bits per heavy atom. The van der Waals surface area contributed by atoms with Gasteiger partial charge in [0, 0.05) is 25.4 Å². The van der Waals surface area contributed by atoms with Gasteiger partial charge in [0.15, 0.2) is 5.82 Å². The maximum absolute atomic E-state index is 12.5. The summed E-state index contributed by atoms with van der Waals surface area (Å²) in [5.41, 5.74) is 1.78. The van der Waals surface area contributed by atoms with Crippen LogP contribution in [0.25, 0.3) is 11.5 Å². The molecular formula is C22H23N3O4. The van der Waals surface area contributed by atoms with Crippen molar-refractivity contribution >= 4 is 5.91 Å². The number of benzene rings is 2. The first-order chi connectivity index (χ1) is 14.2. The summed E-state index contributed by atoms with van der Waals surface area (Å²) in [5, 5.41) is 4.14. The van der Waals surface area contributed by atoms with Gasteiger partial charge in [-0.1, -0.05) is 29.4 Å². The molecule has 150 valence electrons. The molecule has 0 N–H and O–H groups in total. The predicted octanol–water partition coefficient (Wildman–Crippen LogP) is 3.66. The molecule has 1 aliphatic heterocycles. The number of hydrogen-bond acceptors (Lipinski definition) is 6. The van der Waals surface area contributed by atoms with Crippen LogP contribution in [0.3, 0.4) is 0 Å².